The van der Waals surface area contributed by atoms with Gasteiger partial charge in [0.15, 0.2) is 11.6 Å². The lowest BCUT2D eigenvalue weighted by atomic mass is 9.54. The van der Waals surface area contributed by atoms with E-state index in [2.05, 4.69) is 11.1 Å². The number of ketones is 2. The van der Waals surface area contributed by atoms with Gasteiger partial charge in [-0.15, -0.1) is 0 Å². The van der Waals surface area contributed by atoms with Crippen molar-refractivity contribution in [3.8, 4) is 5.75 Å². The minimum atomic E-state index is -1.00. The molecule has 1 aliphatic heterocycles. The number of fused-ring (bicyclic) bond motifs is 4. The Kier molecular flexibility index (Phi) is 6.79. The summed E-state index contributed by atoms with van der Waals surface area (Å²) in [6.07, 6.45) is 5.50. The fraction of sp³-hybridized carbons (Fsp3) is 0.281. The van der Waals surface area contributed by atoms with Crippen molar-refractivity contribution in [1.29, 1.82) is 0 Å². The Hall–Kier alpha value is -3.81. The van der Waals surface area contributed by atoms with Crippen molar-refractivity contribution in [3.63, 3.8) is 0 Å². The summed E-state index contributed by atoms with van der Waals surface area (Å²) in [6, 6.07) is 19.9. The second-order valence-corrected chi connectivity index (χ2v) is 10.8. The monoisotopic (exact) mass is 519 g/mol. The van der Waals surface area contributed by atoms with Gasteiger partial charge in [0.2, 0.25) is 0 Å². The molecule has 1 aromatic heterocycles. The summed E-state index contributed by atoms with van der Waals surface area (Å²) >= 11 is 0. The predicted octanol–water partition coefficient (Wildman–Crippen LogP) is 5.64. The van der Waals surface area contributed by atoms with E-state index in [-0.39, 0.29) is 29.3 Å². The van der Waals surface area contributed by atoms with E-state index in [9.17, 15) is 19.7 Å². The van der Waals surface area contributed by atoms with Gasteiger partial charge in [0.05, 0.1) is 11.8 Å². The van der Waals surface area contributed by atoms with Crippen LogP contribution >= 0.6 is 0 Å². The third kappa shape index (κ3) is 4.77. The largest absolute Gasteiger partial charge is 0.508 e. The molecular weight excluding hydrogens is 489 g/mol. The van der Waals surface area contributed by atoms with Gasteiger partial charge in [-0.25, -0.2) is 0 Å². The molecule has 6 nitrogen and oxygen atoms in total. The number of Topliss-reactive ketones (excluding diaryl/α,β-unsaturated/α-hetero) is 2. The Morgan fingerprint density at radius 1 is 1.00 bits per heavy atom. The fourth-order valence-electron chi connectivity index (χ4n) is 6.71. The van der Waals surface area contributed by atoms with E-state index in [1.54, 1.807) is 42.6 Å². The van der Waals surface area contributed by atoms with Gasteiger partial charge in [-0.3, -0.25) is 14.6 Å². The van der Waals surface area contributed by atoms with Gasteiger partial charge in [-0.1, -0.05) is 48.0 Å². The summed E-state index contributed by atoms with van der Waals surface area (Å²) in [5.41, 5.74) is 5.95. The number of pyridine rings is 1. The van der Waals surface area contributed by atoms with Gasteiger partial charge in [-0.2, -0.15) is 0 Å². The molecule has 7 heteroatoms. The first kappa shape index (κ1) is 25.5. The highest BCUT2D eigenvalue weighted by molar-refractivity contribution is 6.43. The molecule has 39 heavy (non-hydrogen) atoms. The van der Waals surface area contributed by atoms with E-state index < -0.39 is 19.0 Å². The Balaban J connectivity index is 1.31. The van der Waals surface area contributed by atoms with Crippen LogP contribution in [0.2, 0.25) is 6.32 Å². The van der Waals surface area contributed by atoms with Crippen LogP contribution in [-0.2, 0) is 4.65 Å². The molecule has 0 saturated carbocycles. The van der Waals surface area contributed by atoms with E-state index in [1.807, 2.05) is 37.3 Å². The summed E-state index contributed by atoms with van der Waals surface area (Å²) in [7, 11) is -1.00. The molecule has 4 atom stereocenters. The Bertz CT molecular complexity index is 1480. The molecule has 0 radical (unpaired) electrons. The molecule has 0 amide bonds. The molecule has 2 aliphatic carbocycles. The summed E-state index contributed by atoms with van der Waals surface area (Å²) in [5.74, 6) is -0.874. The first-order valence-corrected chi connectivity index (χ1v) is 13.5. The summed E-state index contributed by atoms with van der Waals surface area (Å²) < 4.78 is 6.11. The van der Waals surface area contributed by atoms with E-state index in [1.165, 1.54) is 0 Å². The first-order chi connectivity index (χ1) is 18.9. The second-order valence-electron chi connectivity index (χ2n) is 10.8. The lowest BCUT2D eigenvalue weighted by molar-refractivity contribution is 0.0602. The average molecular weight is 519 g/mol. The number of nitrogens with zero attached hydrogens (tertiary/aromatic N) is 1. The summed E-state index contributed by atoms with van der Waals surface area (Å²) in [6.45, 7) is 2.04. The third-order valence-corrected chi connectivity index (χ3v) is 8.41. The molecular formula is C32H30BNO5. The zero-order chi connectivity index (χ0) is 27.1. The Morgan fingerprint density at radius 2 is 1.72 bits per heavy atom. The van der Waals surface area contributed by atoms with Crippen LogP contribution in [0.1, 0.15) is 58.2 Å². The number of allylic oxidation sites excluding steroid dienone is 2. The van der Waals surface area contributed by atoms with Crippen molar-refractivity contribution in [2.45, 2.75) is 38.6 Å². The van der Waals surface area contributed by atoms with Gasteiger partial charge in [0.1, 0.15) is 5.75 Å². The molecule has 1 fully saturated rings. The van der Waals surface area contributed by atoms with Gasteiger partial charge in [-0.05, 0) is 85.5 Å². The quantitative estimate of drug-likeness (QED) is 0.335. The minimum Gasteiger partial charge on any atom is -0.508 e. The Morgan fingerprint density at radius 3 is 2.44 bits per heavy atom. The van der Waals surface area contributed by atoms with Crippen LogP contribution in [0.3, 0.4) is 0 Å². The number of aromatic hydroxyl groups is 1. The number of carbonyl (C=O) groups excluding carboxylic acids is 2. The number of carbonyl (C=O) groups is 2. The molecule has 3 aliphatic rings. The van der Waals surface area contributed by atoms with Gasteiger partial charge < -0.3 is 14.8 Å². The second kappa shape index (κ2) is 10.4. The van der Waals surface area contributed by atoms with Crippen molar-refractivity contribution in [2.75, 3.05) is 0 Å². The topological polar surface area (TPSA) is 96.7 Å². The van der Waals surface area contributed by atoms with Crippen LogP contribution in [0.5, 0.6) is 5.75 Å². The normalized spacial score (nSPS) is 24.8. The zero-order valence-electron chi connectivity index (χ0n) is 21.8. The SMILES string of the molecule is CC1=C2[C@@H](CC/C(=C/c3ccc(O)cc3)c3ccccn3)OB(O)C[C@@H]2[C@@H]2C(=O)c3ccccc3C(=O)[C@@H]2C1. The van der Waals surface area contributed by atoms with E-state index in [0.717, 1.165) is 28.0 Å². The zero-order valence-corrected chi connectivity index (χ0v) is 21.8. The maximum absolute atomic E-state index is 13.7. The van der Waals surface area contributed by atoms with E-state index in [4.69, 9.17) is 4.65 Å². The fourth-order valence-corrected chi connectivity index (χ4v) is 6.71. The standard InChI is InChI=1S/C32H30BNO5/c1-19-16-25-30(32(37)24-7-3-2-6-23(24)31(25)36)26-18-33(38)39-28(29(19)26)14-11-21(27-8-4-5-15-34-27)17-20-9-12-22(35)13-10-20/h2-10,12-13,15,17,25-26,28,30,35,38H,11,14,16,18H2,1H3/b21-17-/t25-,26+,28-,30-/m1/s1. The number of rotatable bonds is 5. The maximum atomic E-state index is 13.7. The van der Waals surface area contributed by atoms with E-state index in [0.29, 0.717) is 36.7 Å². The van der Waals surface area contributed by atoms with Crippen LogP contribution in [-0.4, -0.2) is 39.9 Å². The highest BCUT2D eigenvalue weighted by Crippen LogP contribution is 2.50. The van der Waals surface area contributed by atoms with Crippen LogP contribution in [0, 0.1) is 17.8 Å². The lowest BCUT2D eigenvalue weighted by Gasteiger charge is -2.47. The summed E-state index contributed by atoms with van der Waals surface area (Å²) in [4.78, 5) is 31.7. The number of phenols is 1. The lowest BCUT2D eigenvalue weighted by Crippen LogP contribution is -2.50. The Labute approximate surface area is 228 Å². The number of aromatic nitrogens is 1. The molecule has 2 heterocycles. The molecule has 6 rings (SSSR count). The van der Waals surface area contributed by atoms with Crippen LogP contribution in [0.25, 0.3) is 11.6 Å². The van der Waals surface area contributed by atoms with Gasteiger partial charge in [0, 0.05) is 29.2 Å². The summed E-state index contributed by atoms with van der Waals surface area (Å²) in [5, 5.41) is 20.5. The van der Waals surface area contributed by atoms with Crippen molar-refractivity contribution in [1.82, 2.24) is 4.98 Å². The predicted molar refractivity (Wildman–Crippen MR) is 150 cm³/mol. The van der Waals surface area contributed by atoms with E-state index >= 15 is 0 Å². The molecule has 0 bridgehead atoms. The van der Waals surface area contributed by atoms with Crippen LogP contribution in [0.4, 0.5) is 0 Å². The smallest absolute Gasteiger partial charge is 0.455 e. The molecule has 2 aromatic carbocycles. The number of benzene rings is 2. The minimum absolute atomic E-state index is 0.000509. The molecule has 0 unspecified atom stereocenters. The molecule has 2 N–H and O–H groups in total. The third-order valence-electron chi connectivity index (χ3n) is 8.41. The number of phenolic OH excluding ortho intramolecular Hbond substituents is 1. The van der Waals surface area contributed by atoms with Gasteiger partial charge in [0.25, 0.3) is 0 Å². The molecule has 1 saturated heterocycles. The van der Waals surface area contributed by atoms with Gasteiger partial charge >= 0.3 is 7.12 Å². The van der Waals surface area contributed by atoms with Crippen LogP contribution < -0.4 is 0 Å². The average Bonchev–Trinajstić information content (AvgIpc) is 2.95. The molecule has 196 valence electrons. The highest BCUT2D eigenvalue weighted by Gasteiger charge is 2.52. The number of hydrogen-bond acceptors (Lipinski definition) is 6. The highest BCUT2D eigenvalue weighted by atomic mass is 16.5. The van der Waals surface area contributed by atoms with Crippen molar-refractivity contribution in [2.24, 2.45) is 17.8 Å². The van der Waals surface area contributed by atoms with Crippen LogP contribution in [0.15, 0.2) is 84.1 Å². The van der Waals surface area contributed by atoms with Crippen molar-refractivity contribution < 1.29 is 24.4 Å². The van der Waals surface area contributed by atoms with Crippen molar-refractivity contribution >= 4 is 30.3 Å². The number of hydrogen-bond donors (Lipinski definition) is 2. The molecule has 3 aromatic rings. The van der Waals surface area contributed by atoms with Crippen molar-refractivity contribution in [3.05, 3.63) is 106 Å². The first-order valence-electron chi connectivity index (χ1n) is 13.5. The maximum Gasteiger partial charge on any atom is 0.455 e. The molecule has 0 spiro atoms.